The molecule has 2 N–H and O–H groups in total. The van der Waals surface area contributed by atoms with Crippen molar-refractivity contribution in [3.63, 3.8) is 0 Å². The standard InChI is InChI=1S/C16H27NO.C10H10O4.C6H8S.C2H6/c1-5-14-9-10-16(13-15(14)6-2)18-12-8-11-17(4)7-3;1-5(11)7-3-8(6(2)12)10(14)4-9(7)13;1-2-6-4-3-5-7-6;1-2/h9-10,13H,5-8,11-12H2,1-4H3;3-4,13-14H,1-2H3;3-5H,2H2,1H3;1-2H3. The summed E-state index contributed by atoms with van der Waals surface area (Å²) in [5.74, 6) is -0.335. The summed E-state index contributed by atoms with van der Waals surface area (Å²) in [7, 11) is 2.14. The van der Waals surface area contributed by atoms with Crippen molar-refractivity contribution >= 4 is 22.9 Å². The normalized spacial score (nSPS) is 9.90. The molecule has 0 aliphatic carbocycles. The molecule has 0 saturated carbocycles. The van der Waals surface area contributed by atoms with Gasteiger partial charge in [-0.3, -0.25) is 9.59 Å². The van der Waals surface area contributed by atoms with Gasteiger partial charge in [0.05, 0.1) is 17.7 Å². The van der Waals surface area contributed by atoms with Crippen LogP contribution >= 0.6 is 11.3 Å². The van der Waals surface area contributed by atoms with E-state index >= 15 is 0 Å². The number of carbonyl (C=O) groups excluding carboxylic acids is 2. The van der Waals surface area contributed by atoms with Crippen molar-refractivity contribution in [1.82, 2.24) is 4.90 Å². The first kappa shape index (κ1) is 37.8. The minimum absolute atomic E-state index is 0.0352. The van der Waals surface area contributed by atoms with Crippen LogP contribution in [0.15, 0.2) is 47.8 Å². The maximum Gasteiger partial charge on any atom is 0.163 e. The van der Waals surface area contributed by atoms with E-state index in [1.54, 1.807) is 0 Å². The van der Waals surface area contributed by atoms with Gasteiger partial charge >= 0.3 is 0 Å². The number of thiophene rings is 1. The van der Waals surface area contributed by atoms with E-state index in [9.17, 15) is 19.8 Å². The average Bonchev–Trinajstić information content (AvgIpc) is 3.50. The van der Waals surface area contributed by atoms with Gasteiger partial charge in [-0.25, -0.2) is 0 Å². The number of phenolic OH excluding ortho intramolecular Hbond substituents is 2. The molecule has 0 spiro atoms. The number of Topliss-reactive ketones (excluding diaryl/α,β-unsaturated/α-hetero) is 2. The molecule has 7 heteroatoms. The van der Waals surface area contributed by atoms with Gasteiger partial charge in [-0.1, -0.05) is 53.7 Å². The Balaban J connectivity index is 0.000000613. The van der Waals surface area contributed by atoms with E-state index in [0.717, 1.165) is 50.8 Å². The van der Waals surface area contributed by atoms with Gasteiger partial charge in [0.1, 0.15) is 17.2 Å². The molecule has 6 nitrogen and oxygen atoms in total. The smallest absolute Gasteiger partial charge is 0.163 e. The minimum atomic E-state index is -0.356. The number of nitrogens with zero attached hydrogens (tertiary/aromatic N) is 1. The Morgan fingerprint density at radius 3 is 1.83 bits per heavy atom. The lowest BCUT2D eigenvalue weighted by molar-refractivity contribution is 0.101. The number of aromatic hydroxyl groups is 2. The molecule has 0 atom stereocenters. The van der Waals surface area contributed by atoms with E-state index in [0.29, 0.717) is 0 Å². The topological polar surface area (TPSA) is 87.1 Å². The lowest BCUT2D eigenvalue weighted by atomic mass is 10.0. The van der Waals surface area contributed by atoms with E-state index in [-0.39, 0.29) is 34.2 Å². The zero-order valence-corrected chi connectivity index (χ0v) is 27.4. The molecule has 41 heavy (non-hydrogen) atoms. The number of aryl methyl sites for hydroxylation is 3. The Morgan fingerprint density at radius 2 is 1.41 bits per heavy atom. The second kappa shape index (κ2) is 21.6. The lowest BCUT2D eigenvalue weighted by Crippen LogP contribution is -2.20. The predicted octanol–water partition coefficient (Wildman–Crippen LogP) is 8.37. The van der Waals surface area contributed by atoms with Crippen molar-refractivity contribution in [2.24, 2.45) is 0 Å². The Kier molecular flexibility index (Phi) is 19.9. The lowest BCUT2D eigenvalue weighted by Gasteiger charge is -2.14. The summed E-state index contributed by atoms with van der Waals surface area (Å²) in [5.41, 5.74) is 2.93. The third kappa shape index (κ3) is 14.3. The fourth-order valence-corrected chi connectivity index (χ4v) is 4.36. The van der Waals surface area contributed by atoms with Crippen LogP contribution < -0.4 is 4.74 Å². The molecule has 0 saturated heterocycles. The second-order valence-electron chi connectivity index (χ2n) is 9.17. The summed E-state index contributed by atoms with van der Waals surface area (Å²) in [4.78, 5) is 25.8. The number of rotatable bonds is 11. The zero-order valence-electron chi connectivity index (χ0n) is 26.5. The molecular formula is C34H51NO5S. The molecule has 1 aromatic heterocycles. The number of hydrogen-bond donors (Lipinski definition) is 2. The fraction of sp³-hybridized carbons (Fsp3) is 0.471. The number of benzene rings is 2. The van der Waals surface area contributed by atoms with Crippen LogP contribution in [0.1, 0.15) is 98.5 Å². The summed E-state index contributed by atoms with van der Waals surface area (Å²) in [6.07, 6.45) is 4.45. The van der Waals surface area contributed by atoms with Crippen LogP contribution in [0.4, 0.5) is 0 Å². The highest BCUT2D eigenvalue weighted by atomic mass is 32.1. The highest BCUT2D eigenvalue weighted by Crippen LogP contribution is 2.28. The molecule has 0 fully saturated rings. The summed E-state index contributed by atoms with van der Waals surface area (Å²) in [6.45, 7) is 18.3. The summed E-state index contributed by atoms with van der Waals surface area (Å²) in [5, 5.41) is 20.7. The number of hydrogen-bond acceptors (Lipinski definition) is 7. The van der Waals surface area contributed by atoms with Gasteiger partial charge in [-0.2, -0.15) is 0 Å². The van der Waals surface area contributed by atoms with Gasteiger partial charge in [0, 0.05) is 17.5 Å². The van der Waals surface area contributed by atoms with E-state index in [1.165, 1.54) is 42.3 Å². The van der Waals surface area contributed by atoms with E-state index in [4.69, 9.17) is 4.74 Å². The third-order valence-electron chi connectivity index (χ3n) is 6.23. The molecule has 3 aromatic rings. The molecular weight excluding hydrogens is 534 g/mol. The van der Waals surface area contributed by atoms with Crippen LogP contribution in [0.2, 0.25) is 0 Å². The average molecular weight is 586 g/mol. The maximum absolute atomic E-state index is 11.0. The molecule has 0 aliphatic rings. The van der Waals surface area contributed by atoms with Crippen molar-refractivity contribution in [3.05, 3.63) is 75.0 Å². The first-order valence-corrected chi connectivity index (χ1v) is 15.5. The Hall–Kier alpha value is -3.16. The van der Waals surface area contributed by atoms with Gasteiger partial charge in [-0.05, 0) is 93.9 Å². The number of ketones is 2. The van der Waals surface area contributed by atoms with E-state index in [1.807, 2.05) is 25.2 Å². The van der Waals surface area contributed by atoms with Crippen LogP contribution in [0, 0.1) is 0 Å². The van der Waals surface area contributed by atoms with E-state index < -0.39 is 0 Å². The SMILES string of the molecule is CC.CC(=O)c1cc(C(C)=O)c(O)cc1O.CCc1ccc(OCCCN(C)CC)cc1CC.CCc1cccs1. The van der Waals surface area contributed by atoms with Crippen LogP contribution in [0.3, 0.4) is 0 Å². The van der Waals surface area contributed by atoms with Crippen molar-refractivity contribution in [3.8, 4) is 17.2 Å². The highest BCUT2D eigenvalue weighted by Gasteiger charge is 2.14. The van der Waals surface area contributed by atoms with Gasteiger partial charge in [0.25, 0.3) is 0 Å². The summed E-state index contributed by atoms with van der Waals surface area (Å²) >= 11 is 1.82. The minimum Gasteiger partial charge on any atom is -0.507 e. The Labute approximate surface area is 252 Å². The van der Waals surface area contributed by atoms with Gasteiger partial charge in [0.15, 0.2) is 11.6 Å². The van der Waals surface area contributed by atoms with Gasteiger partial charge in [-0.15, -0.1) is 11.3 Å². The second-order valence-corrected chi connectivity index (χ2v) is 10.2. The molecule has 0 aliphatic heterocycles. The molecule has 1 heterocycles. The predicted molar refractivity (Wildman–Crippen MR) is 173 cm³/mol. The highest BCUT2D eigenvalue weighted by molar-refractivity contribution is 7.09. The number of phenols is 2. The summed E-state index contributed by atoms with van der Waals surface area (Å²) < 4.78 is 5.82. The molecule has 2 aromatic carbocycles. The molecule has 0 amide bonds. The first-order chi connectivity index (χ1) is 19.6. The Bertz CT molecular complexity index is 1120. The van der Waals surface area contributed by atoms with Crippen molar-refractivity contribution in [1.29, 1.82) is 0 Å². The van der Waals surface area contributed by atoms with Gasteiger partial charge in [0.2, 0.25) is 0 Å². The number of ether oxygens (including phenoxy) is 1. The van der Waals surface area contributed by atoms with Crippen molar-refractivity contribution in [2.75, 3.05) is 26.7 Å². The van der Waals surface area contributed by atoms with E-state index in [2.05, 4.69) is 75.4 Å². The third-order valence-corrected chi connectivity index (χ3v) is 7.25. The zero-order chi connectivity index (χ0) is 31.4. The van der Waals surface area contributed by atoms with Crippen LogP contribution in [-0.2, 0) is 19.3 Å². The quantitative estimate of drug-likeness (QED) is 0.174. The Morgan fingerprint density at radius 1 is 0.829 bits per heavy atom. The molecule has 228 valence electrons. The molecule has 0 unspecified atom stereocenters. The van der Waals surface area contributed by atoms with Crippen molar-refractivity contribution in [2.45, 2.75) is 81.1 Å². The first-order valence-electron chi connectivity index (χ1n) is 14.6. The maximum atomic E-state index is 11.0. The monoisotopic (exact) mass is 585 g/mol. The molecule has 0 bridgehead atoms. The van der Waals surface area contributed by atoms with Crippen LogP contribution in [0.25, 0.3) is 0 Å². The van der Waals surface area contributed by atoms with Crippen molar-refractivity contribution < 1.29 is 24.5 Å². The summed E-state index contributed by atoms with van der Waals surface area (Å²) in [6, 6.07) is 12.9. The van der Waals surface area contributed by atoms with Crippen LogP contribution in [0.5, 0.6) is 17.2 Å². The van der Waals surface area contributed by atoms with Crippen LogP contribution in [-0.4, -0.2) is 53.4 Å². The largest absolute Gasteiger partial charge is 0.507 e. The molecule has 3 rings (SSSR count). The number of carbonyl (C=O) groups is 2. The fourth-order valence-electron chi connectivity index (χ4n) is 3.70. The molecule has 0 radical (unpaired) electrons. The van der Waals surface area contributed by atoms with Gasteiger partial charge < -0.3 is 19.8 Å².